The molecule has 1 aromatic rings. The fourth-order valence-corrected chi connectivity index (χ4v) is 1.98. The number of aliphatic hydroxyl groups excluding tert-OH is 1. The molecule has 0 unspecified atom stereocenters. The van der Waals surface area contributed by atoms with E-state index in [1.165, 1.54) is 0 Å². The third-order valence-corrected chi connectivity index (χ3v) is 2.63. The molecule has 1 aliphatic carbocycles. The van der Waals surface area contributed by atoms with Gasteiger partial charge < -0.3 is 5.11 Å². The molecule has 0 saturated carbocycles. The minimum Gasteiger partial charge on any atom is -0.392 e. The van der Waals surface area contributed by atoms with Crippen molar-refractivity contribution < 1.29 is 9.90 Å². The van der Waals surface area contributed by atoms with Crippen molar-refractivity contribution in [2.75, 3.05) is 0 Å². The molecule has 0 fully saturated rings. The number of fused-ring (bicyclic) bond motifs is 1. The van der Waals surface area contributed by atoms with Crippen molar-refractivity contribution in [3.63, 3.8) is 0 Å². The van der Waals surface area contributed by atoms with Gasteiger partial charge in [0.25, 0.3) is 0 Å². The van der Waals surface area contributed by atoms with Crippen LogP contribution >= 0.6 is 0 Å². The maximum atomic E-state index is 11.4. The van der Waals surface area contributed by atoms with Crippen LogP contribution < -0.4 is 11.3 Å². The van der Waals surface area contributed by atoms with Gasteiger partial charge in [-0.3, -0.25) is 10.2 Å². The molecule has 0 saturated heterocycles. The van der Waals surface area contributed by atoms with E-state index in [1.807, 2.05) is 24.3 Å². The molecule has 1 amide bonds. The number of hydrogen-bond acceptors (Lipinski definition) is 3. The molecule has 0 spiro atoms. The number of rotatable bonds is 1. The summed E-state index contributed by atoms with van der Waals surface area (Å²) in [6.07, 6.45) is -0.134. The van der Waals surface area contributed by atoms with Gasteiger partial charge in [0, 0.05) is 0 Å². The predicted molar refractivity (Wildman–Crippen MR) is 51.2 cm³/mol. The molecule has 2 rings (SSSR count). The average Bonchev–Trinajstić information content (AvgIpc) is 2.53. The zero-order valence-electron chi connectivity index (χ0n) is 7.60. The van der Waals surface area contributed by atoms with Gasteiger partial charge in [-0.15, -0.1) is 0 Å². The van der Waals surface area contributed by atoms with E-state index in [0.717, 1.165) is 11.1 Å². The van der Waals surface area contributed by atoms with Crippen LogP contribution in [0.15, 0.2) is 24.3 Å². The van der Waals surface area contributed by atoms with E-state index in [1.54, 1.807) is 0 Å². The van der Waals surface area contributed by atoms with E-state index >= 15 is 0 Å². The predicted octanol–water partition coefficient (Wildman–Crippen LogP) is -0.323. The normalized spacial score (nSPS) is 24.4. The summed E-state index contributed by atoms with van der Waals surface area (Å²) in [6.45, 7) is 0. The molecule has 4 heteroatoms. The Morgan fingerprint density at radius 2 is 2.21 bits per heavy atom. The molecule has 1 aromatic carbocycles. The summed E-state index contributed by atoms with van der Waals surface area (Å²) in [5, 5.41) is 9.70. The summed E-state index contributed by atoms with van der Waals surface area (Å²) < 4.78 is 0. The first kappa shape index (κ1) is 9.18. The van der Waals surface area contributed by atoms with Crippen LogP contribution in [0.3, 0.4) is 0 Å². The molecule has 2 atom stereocenters. The molecule has 0 aliphatic heterocycles. The highest BCUT2D eigenvalue weighted by atomic mass is 16.3. The van der Waals surface area contributed by atoms with Gasteiger partial charge in [-0.2, -0.15) is 0 Å². The molecular formula is C10H12N2O2. The van der Waals surface area contributed by atoms with Gasteiger partial charge >= 0.3 is 0 Å². The second-order valence-electron chi connectivity index (χ2n) is 3.46. The Hall–Kier alpha value is -1.39. The van der Waals surface area contributed by atoms with E-state index in [4.69, 9.17) is 5.84 Å². The summed E-state index contributed by atoms with van der Waals surface area (Å²) in [6, 6.07) is 7.52. The van der Waals surface area contributed by atoms with Gasteiger partial charge in [0.2, 0.25) is 5.91 Å². The Morgan fingerprint density at radius 1 is 1.50 bits per heavy atom. The van der Waals surface area contributed by atoms with Gasteiger partial charge in [-0.1, -0.05) is 24.3 Å². The highest BCUT2D eigenvalue weighted by molar-refractivity contribution is 5.85. The number of benzene rings is 1. The molecule has 74 valence electrons. The van der Waals surface area contributed by atoms with E-state index in [0.29, 0.717) is 6.42 Å². The Kier molecular flexibility index (Phi) is 2.23. The van der Waals surface area contributed by atoms with Crippen LogP contribution in [-0.4, -0.2) is 17.1 Å². The maximum Gasteiger partial charge on any atom is 0.244 e. The molecule has 4 nitrogen and oxygen atoms in total. The number of nitrogens with two attached hydrogens (primary N) is 1. The topological polar surface area (TPSA) is 75.3 Å². The van der Waals surface area contributed by atoms with E-state index < -0.39 is 12.0 Å². The Balaban J connectivity index is 2.39. The third-order valence-electron chi connectivity index (χ3n) is 2.63. The first-order valence-electron chi connectivity index (χ1n) is 4.50. The van der Waals surface area contributed by atoms with Crippen molar-refractivity contribution in [2.24, 2.45) is 5.84 Å². The van der Waals surface area contributed by atoms with Crippen LogP contribution in [0.1, 0.15) is 17.0 Å². The summed E-state index contributed by atoms with van der Waals surface area (Å²) in [7, 11) is 0. The van der Waals surface area contributed by atoms with Gasteiger partial charge in [0.1, 0.15) is 0 Å². The number of hydrazine groups is 1. The molecule has 14 heavy (non-hydrogen) atoms. The smallest absolute Gasteiger partial charge is 0.244 e. The first-order valence-corrected chi connectivity index (χ1v) is 4.50. The Labute approximate surface area is 81.7 Å². The molecule has 0 heterocycles. The lowest BCUT2D eigenvalue weighted by Gasteiger charge is -2.13. The Morgan fingerprint density at radius 3 is 2.93 bits per heavy atom. The third kappa shape index (κ3) is 1.29. The fourth-order valence-electron chi connectivity index (χ4n) is 1.98. The molecule has 0 bridgehead atoms. The highest BCUT2D eigenvalue weighted by Crippen LogP contribution is 2.32. The van der Waals surface area contributed by atoms with Crippen molar-refractivity contribution in [3.8, 4) is 0 Å². The summed E-state index contributed by atoms with van der Waals surface area (Å²) in [4.78, 5) is 11.4. The lowest BCUT2D eigenvalue weighted by atomic mass is 9.99. The molecule has 0 aromatic heterocycles. The van der Waals surface area contributed by atoms with Gasteiger partial charge in [0.05, 0.1) is 12.0 Å². The van der Waals surface area contributed by atoms with Crippen LogP contribution in [0.5, 0.6) is 0 Å². The summed E-state index contributed by atoms with van der Waals surface area (Å²) >= 11 is 0. The number of aliphatic hydroxyl groups is 1. The number of nitrogens with one attached hydrogen (secondary N) is 1. The fraction of sp³-hybridized carbons (Fsp3) is 0.300. The first-order chi connectivity index (χ1) is 6.74. The lowest BCUT2D eigenvalue weighted by Crippen LogP contribution is -2.38. The second-order valence-corrected chi connectivity index (χ2v) is 3.46. The zero-order valence-corrected chi connectivity index (χ0v) is 7.60. The standard InChI is InChI=1S/C10H12N2O2/c11-12-10(14)9-7-4-2-1-3-6(7)5-8(9)13/h1-4,8-9,13H,5,11H2,(H,12,14)/t8-,9+/m1/s1. The van der Waals surface area contributed by atoms with Crippen molar-refractivity contribution in [1.82, 2.24) is 5.43 Å². The van der Waals surface area contributed by atoms with Crippen molar-refractivity contribution in [2.45, 2.75) is 18.4 Å². The SMILES string of the molecule is NNC(=O)[C@H]1c2ccccc2C[C@H]1O. The number of carbonyl (C=O) groups is 1. The van der Waals surface area contributed by atoms with Crippen molar-refractivity contribution in [3.05, 3.63) is 35.4 Å². The van der Waals surface area contributed by atoms with Gasteiger partial charge in [0.15, 0.2) is 0 Å². The summed E-state index contributed by atoms with van der Waals surface area (Å²) in [5.74, 6) is 4.21. The zero-order chi connectivity index (χ0) is 10.1. The number of amides is 1. The lowest BCUT2D eigenvalue weighted by molar-refractivity contribution is -0.124. The minimum atomic E-state index is -0.657. The monoisotopic (exact) mass is 192 g/mol. The van der Waals surface area contributed by atoms with Crippen LogP contribution in [0.25, 0.3) is 0 Å². The summed E-state index contributed by atoms with van der Waals surface area (Å²) in [5.41, 5.74) is 3.98. The van der Waals surface area contributed by atoms with Crippen LogP contribution in [0.2, 0.25) is 0 Å². The molecule has 4 N–H and O–H groups in total. The van der Waals surface area contributed by atoms with Gasteiger partial charge in [-0.25, -0.2) is 5.84 Å². The second kappa shape index (κ2) is 3.40. The average molecular weight is 192 g/mol. The maximum absolute atomic E-state index is 11.4. The number of hydrogen-bond donors (Lipinski definition) is 3. The Bertz CT molecular complexity index is 365. The van der Waals surface area contributed by atoms with Crippen LogP contribution in [0.4, 0.5) is 0 Å². The van der Waals surface area contributed by atoms with E-state index in [2.05, 4.69) is 5.43 Å². The van der Waals surface area contributed by atoms with Crippen LogP contribution in [-0.2, 0) is 11.2 Å². The van der Waals surface area contributed by atoms with E-state index in [9.17, 15) is 9.90 Å². The van der Waals surface area contributed by atoms with Gasteiger partial charge in [-0.05, 0) is 17.5 Å². The highest BCUT2D eigenvalue weighted by Gasteiger charge is 2.35. The van der Waals surface area contributed by atoms with Crippen molar-refractivity contribution >= 4 is 5.91 Å². The minimum absolute atomic E-state index is 0.331. The molecule has 1 aliphatic rings. The quantitative estimate of drug-likeness (QED) is 0.324. The van der Waals surface area contributed by atoms with Crippen LogP contribution in [0, 0.1) is 0 Å². The molecular weight excluding hydrogens is 180 g/mol. The number of carbonyl (C=O) groups excluding carboxylic acids is 1. The largest absolute Gasteiger partial charge is 0.392 e. The molecule has 0 radical (unpaired) electrons. The van der Waals surface area contributed by atoms with E-state index in [-0.39, 0.29) is 5.91 Å². The van der Waals surface area contributed by atoms with Crippen molar-refractivity contribution in [1.29, 1.82) is 0 Å².